The first-order valence-corrected chi connectivity index (χ1v) is 10.0. The summed E-state index contributed by atoms with van der Waals surface area (Å²) in [6.45, 7) is 6.14. The minimum atomic E-state index is -0.162. The van der Waals surface area contributed by atoms with E-state index in [-0.39, 0.29) is 11.7 Å². The van der Waals surface area contributed by atoms with Gasteiger partial charge in [-0.2, -0.15) is 5.26 Å². The van der Waals surface area contributed by atoms with E-state index < -0.39 is 0 Å². The first kappa shape index (κ1) is 18.4. The Morgan fingerprint density at radius 1 is 1.35 bits per heavy atom. The second kappa shape index (κ2) is 7.85. The lowest BCUT2D eigenvalue weighted by molar-refractivity contribution is -0.113. The summed E-state index contributed by atoms with van der Waals surface area (Å²) in [6, 6.07) is 10.1. The van der Waals surface area contributed by atoms with Crippen molar-refractivity contribution in [2.45, 2.75) is 31.7 Å². The molecule has 0 unspecified atom stereocenters. The zero-order valence-electron chi connectivity index (χ0n) is 14.7. The van der Waals surface area contributed by atoms with Gasteiger partial charge in [-0.05, 0) is 36.6 Å². The summed E-state index contributed by atoms with van der Waals surface area (Å²) in [5, 5.41) is 16.2. The maximum Gasteiger partial charge on any atom is 0.236 e. The van der Waals surface area contributed by atoms with Crippen LogP contribution in [0, 0.1) is 18.3 Å². The highest BCUT2D eigenvalue weighted by Crippen LogP contribution is 2.27. The van der Waals surface area contributed by atoms with Gasteiger partial charge in [-0.25, -0.2) is 9.97 Å². The molecule has 0 bridgehead atoms. The highest BCUT2D eigenvalue weighted by molar-refractivity contribution is 8.00. The fraction of sp³-hybridized carbons (Fsp3) is 0.263. The molecule has 1 aromatic carbocycles. The molecule has 0 radical (unpaired) electrons. The number of aryl methyl sites for hydroxylation is 1. The third-order valence-electron chi connectivity index (χ3n) is 3.80. The number of carbonyl (C=O) groups is 1. The van der Waals surface area contributed by atoms with Crippen molar-refractivity contribution >= 4 is 45.0 Å². The van der Waals surface area contributed by atoms with Gasteiger partial charge in [0.1, 0.15) is 11.1 Å². The lowest BCUT2D eigenvalue weighted by Gasteiger charge is -2.09. The zero-order chi connectivity index (χ0) is 18.7. The van der Waals surface area contributed by atoms with Gasteiger partial charge in [-0.1, -0.05) is 31.7 Å². The van der Waals surface area contributed by atoms with Crippen LogP contribution in [-0.2, 0) is 4.79 Å². The molecule has 0 aliphatic heterocycles. The standard InChI is InChI=1S/C19H18N4OS2/c1-11(2)13-4-5-16-14(6-13)7-15(8-20)18(22-16)25-10-17(24)23-19-21-12(3)9-26-19/h4-7,9,11H,10H2,1-3H3,(H,21,23,24). The van der Waals surface area contributed by atoms with E-state index >= 15 is 0 Å². The Kier molecular flexibility index (Phi) is 5.55. The van der Waals surface area contributed by atoms with Gasteiger partial charge in [0, 0.05) is 10.8 Å². The molecule has 5 nitrogen and oxygen atoms in total. The highest BCUT2D eigenvalue weighted by Gasteiger charge is 2.12. The predicted molar refractivity (Wildman–Crippen MR) is 107 cm³/mol. The van der Waals surface area contributed by atoms with Crippen molar-refractivity contribution in [2.75, 3.05) is 11.1 Å². The van der Waals surface area contributed by atoms with E-state index in [9.17, 15) is 10.1 Å². The van der Waals surface area contributed by atoms with Gasteiger partial charge in [0.05, 0.1) is 22.5 Å². The van der Waals surface area contributed by atoms with Crippen molar-refractivity contribution in [3.63, 3.8) is 0 Å². The molecule has 0 spiro atoms. The molecule has 3 rings (SSSR count). The summed E-state index contributed by atoms with van der Waals surface area (Å²) in [4.78, 5) is 20.9. The van der Waals surface area contributed by atoms with Crippen LogP contribution in [0.3, 0.4) is 0 Å². The molecule has 0 aliphatic rings. The lowest BCUT2D eigenvalue weighted by atomic mass is 10.0. The van der Waals surface area contributed by atoms with E-state index in [1.807, 2.05) is 24.4 Å². The van der Waals surface area contributed by atoms with Crippen LogP contribution in [0.5, 0.6) is 0 Å². The molecule has 132 valence electrons. The van der Waals surface area contributed by atoms with Crippen LogP contribution >= 0.6 is 23.1 Å². The van der Waals surface area contributed by atoms with Crippen molar-refractivity contribution in [1.29, 1.82) is 5.26 Å². The summed E-state index contributed by atoms with van der Waals surface area (Å²) in [7, 11) is 0. The number of amides is 1. The number of thiazole rings is 1. The molecule has 3 aromatic rings. The molecule has 0 fully saturated rings. The molecule has 0 atom stereocenters. The fourth-order valence-corrected chi connectivity index (χ4v) is 3.89. The van der Waals surface area contributed by atoms with Crippen molar-refractivity contribution < 1.29 is 4.79 Å². The molecular weight excluding hydrogens is 364 g/mol. The van der Waals surface area contributed by atoms with Crippen LogP contribution in [0.1, 0.15) is 36.6 Å². The van der Waals surface area contributed by atoms with Crippen molar-refractivity contribution in [3.8, 4) is 6.07 Å². The Labute approximate surface area is 160 Å². The molecular formula is C19H18N4OS2. The SMILES string of the molecule is Cc1csc(NC(=O)CSc2nc3ccc(C(C)C)cc3cc2C#N)n1. The molecule has 1 amide bonds. The minimum absolute atomic E-state index is 0.162. The van der Waals surface area contributed by atoms with Crippen LogP contribution in [-0.4, -0.2) is 21.6 Å². The molecule has 0 saturated carbocycles. The number of anilines is 1. The Bertz CT molecular complexity index is 1000. The quantitative estimate of drug-likeness (QED) is 0.646. The predicted octanol–water partition coefficient (Wildman–Crippen LogP) is 4.73. The summed E-state index contributed by atoms with van der Waals surface area (Å²) < 4.78 is 0. The van der Waals surface area contributed by atoms with E-state index in [4.69, 9.17) is 0 Å². The Balaban J connectivity index is 1.77. The molecule has 7 heteroatoms. The van der Waals surface area contributed by atoms with Gasteiger partial charge in [-0.15, -0.1) is 11.3 Å². The maximum atomic E-state index is 12.1. The van der Waals surface area contributed by atoms with Crippen LogP contribution in [0.25, 0.3) is 10.9 Å². The van der Waals surface area contributed by atoms with Crippen LogP contribution in [0.2, 0.25) is 0 Å². The third kappa shape index (κ3) is 4.21. The molecule has 1 N–H and O–H groups in total. The number of thioether (sulfide) groups is 1. The average molecular weight is 383 g/mol. The summed E-state index contributed by atoms with van der Waals surface area (Å²) >= 11 is 2.65. The van der Waals surface area contributed by atoms with Gasteiger partial charge >= 0.3 is 0 Å². The molecule has 0 saturated heterocycles. The largest absolute Gasteiger partial charge is 0.301 e. The monoisotopic (exact) mass is 382 g/mol. The zero-order valence-corrected chi connectivity index (χ0v) is 16.4. The number of aromatic nitrogens is 2. The molecule has 2 aromatic heterocycles. The number of fused-ring (bicyclic) bond motifs is 1. The topological polar surface area (TPSA) is 78.7 Å². The van der Waals surface area contributed by atoms with E-state index in [1.165, 1.54) is 28.7 Å². The summed E-state index contributed by atoms with van der Waals surface area (Å²) in [5.41, 5.74) is 3.40. The normalized spacial score (nSPS) is 10.9. The number of nitriles is 1. The van der Waals surface area contributed by atoms with Crippen LogP contribution in [0.15, 0.2) is 34.7 Å². The Morgan fingerprint density at radius 3 is 2.81 bits per heavy atom. The minimum Gasteiger partial charge on any atom is -0.301 e. The van der Waals surface area contributed by atoms with Gasteiger partial charge in [0.2, 0.25) is 5.91 Å². The average Bonchev–Trinajstić information content (AvgIpc) is 3.03. The second-order valence-corrected chi connectivity index (χ2v) is 8.01. The van der Waals surface area contributed by atoms with Gasteiger partial charge in [0.25, 0.3) is 0 Å². The van der Waals surface area contributed by atoms with Crippen molar-refractivity contribution in [3.05, 3.63) is 46.5 Å². The van der Waals surface area contributed by atoms with Crippen LogP contribution in [0.4, 0.5) is 5.13 Å². The Hall–Kier alpha value is -2.43. The first-order valence-electron chi connectivity index (χ1n) is 8.16. The van der Waals surface area contributed by atoms with Gasteiger partial charge < -0.3 is 5.32 Å². The van der Waals surface area contributed by atoms with Crippen molar-refractivity contribution in [2.24, 2.45) is 0 Å². The molecule has 0 aliphatic carbocycles. The number of nitrogens with zero attached hydrogens (tertiary/aromatic N) is 3. The number of pyridine rings is 1. The lowest BCUT2D eigenvalue weighted by Crippen LogP contribution is -2.14. The number of benzene rings is 1. The van der Waals surface area contributed by atoms with Crippen LogP contribution < -0.4 is 5.32 Å². The highest BCUT2D eigenvalue weighted by atomic mass is 32.2. The smallest absolute Gasteiger partial charge is 0.236 e. The maximum absolute atomic E-state index is 12.1. The van der Waals surface area contributed by atoms with E-state index in [0.29, 0.717) is 21.6 Å². The summed E-state index contributed by atoms with van der Waals surface area (Å²) in [6.07, 6.45) is 0. The number of hydrogen-bond acceptors (Lipinski definition) is 6. The van der Waals surface area contributed by atoms with E-state index in [2.05, 4.69) is 47.3 Å². The number of hydrogen-bond donors (Lipinski definition) is 1. The van der Waals surface area contributed by atoms with E-state index in [1.54, 1.807) is 0 Å². The molecule has 2 heterocycles. The second-order valence-electron chi connectivity index (χ2n) is 6.19. The fourth-order valence-electron chi connectivity index (χ4n) is 2.43. The number of carbonyl (C=O) groups excluding carboxylic acids is 1. The number of nitrogens with one attached hydrogen (secondary N) is 1. The third-order valence-corrected chi connectivity index (χ3v) is 5.66. The van der Waals surface area contributed by atoms with Gasteiger partial charge in [0.15, 0.2) is 5.13 Å². The van der Waals surface area contributed by atoms with Crippen molar-refractivity contribution in [1.82, 2.24) is 9.97 Å². The first-order chi connectivity index (χ1) is 12.5. The Morgan fingerprint density at radius 2 is 2.15 bits per heavy atom. The van der Waals surface area contributed by atoms with E-state index in [0.717, 1.165) is 16.6 Å². The summed E-state index contributed by atoms with van der Waals surface area (Å²) in [5.74, 6) is 0.429. The van der Waals surface area contributed by atoms with Gasteiger partial charge in [-0.3, -0.25) is 4.79 Å². The number of rotatable bonds is 5. The molecule has 26 heavy (non-hydrogen) atoms.